The van der Waals surface area contributed by atoms with E-state index in [1.54, 1.807) is 31.3 Å². The van der Waals surface area contributed by atoms with Crippen LogP contribution in [0, 0.1) is 0 Å². The van der Waals surface area contributed by atoms with Crippen LogP contribution in [0.3, 0.4) is 0 Å². The number of carbonyl (C=O) groups is 2. The van der Waals surface area contributed by atoms with Crippen molar-refractivity contribution >= 4 is 40.9 Å². The first-order chi connectivity index (χ1) is 15.0. The number of anilines is 1. The lowest BCUT2D eigenvalue weighted by Gasteiger charge is -2.16. The Morgan fingerprint density at radius 2 is 1.90 bits per heavy atom. The fourth-order valence-corrected chi connectivity index (χ4v) is 3.42. The topological polar surface area (TPSA) is 97.6 Å². The zero-order valence-electron chi connectivity index (χ0n) is 17.0. The van der Waals surface area contributed by atoms with E-state index in [9.17, 15) is 9.59 Å². The first-order valence-electron chi connectivity index (χ1n) is 9.44. The minimum absolute atomic E-state index is 0.0563. The van der Waals surface area contributed by atoms with Gasteiger partial charge in [-0.2, -0.15) is 0 Å². The molecule has 162 valence electrons. The van der Waals surface area contributed by atoms with Crippen molar-refractivity contribution in [3.63, 3.8) is 0 Å². The Kier molecular flexibility index (Phi) is 7.91. The molecular formula is C21H21ClN4O4S. The second kappa shape index (κ2) is 10.8. The number of para-hydroxylation sites is 1. The van der Waals surface area contributed by atoms with Crippen LogP contribution in [0.25, 0.3) is 11.5 Å². The highest BCUT2D eigenvalue weighted by Gasteiger charge is 2.16. The molecule has 31 heavy (non-hydrogen) atoms. The van der Waals surface area contributed by atoms with Gasteiger partial charge in [0.15, 0.2) is 0 Å². The summed E-state index contributed by atoms with van der Waals surface area (Å²) in [4.78, 5) is 25.8. The number of thioether (sulfide) groups is 1. The van der Waals surface area contributed by atoms with Gasteiger partial charge >= 0.3 is 0 Å². The van der Waals surface area contributed by atoms with Crippen molar-refractivity contribution < 1.29 is 18.7 Å². The summed E-state index contributed by atoms with van der Waals surface area (Å²) >= 11 is 7.13. The maximum atomic E-state index is 12.3. The average Bonchev–Trinajstić information content (AvgIpc) is 3.23. The maximum absolute atomic E-state index is 12.3. The summed E-state index contributed by atoms with van der Waals surface area (Å²) in [5.74, 6) is 0.573. The lowest BCUT2D eigenvalue weighted by atomic mass is 10.2. The molecule has 0 unspecified atom stereocenters. The van der Waals surface area contributed by atoms with Crippen molar-refractivity contribution in [3.8, 4) is 17.2 Å². The summed E-state index contributed by atoms with van der Waals surface area (Å²) in [6, 6.07) is 14.2. The standard InChI is InChI=1S/C21H21ClN4O4S/c1-3-29-15-10-8-14(9-11-15)20-24-25-21(30-20)31-13-19(28)26(2)12-18(27)23-17-7-5-4-6-16(17)22/h4-11H,3,12-13H2,1-2H3,(H,23,27). The number of carbonyl (C=O) groups excluding carboxylic acids is 2. The van der Waals surface area contributed by atoms with Crippen LogP contribution in [0.2, 0.25) is 5.02 Å². The molecule has 2 aromatic carbocycles. The van der Waals surface area contributed by atoms with Gasteiger partial charge in [0.1, 0.15) is 5.75 Å². The van der Waals surface area contributed by atoms with E-state index in [2.05, 4.69) is 15.5 Å². The van der Waals surface area contributed by atoms with Gasteiger partial charge in [0.05, 0.1) is 29.6 Å². The SMILES string of the molecule is CCOc1ccc(-c2nnc(SCC(=O)N(C)CC(=O)Nc3ccccc3Cl)o2)cc1. The monoisotopic (exact) mass is 460 g/mol. The van der Waals surface area contributed by atoms with E-state index in [4.69, 9.17) is 20.8 Å². The van der Waals surface area contributed by atoms with Crippen LogP contribution in [0.1, 0.15) is 6.92 Å². The number of hydrogen-bond donors (Lipinski definition) is 1. The molecule has 0 aliphatic heterocycles. The predicted octanol–water partition coefficient (Wildman–Crippen LogP) is 3.98. The molecule has 1 aromatic heterocycles. The normalized spacial score (nSPS) is 10.5. The number of halogens is 1. The minimum atomic E-state index is -0.343. The number of ether oxygens (including phenoxy) is 1. The molecule has 0 radical (unpaired) electrons. The van der Waals surface area contributed by atoms with Gasteiger partial charge in [0.2, 0.25) is 17.7 Å². The number of likely N-dealkylation sites (N-methyl/N-ethyl adjacent to an activating group) is 1. The van der Waals surface area contributed by atoms with E-state index in [0.717, 1.165) is 23.1 Å². The third-order valence-corrected chi connectivity index (χ3v) is 5.23. The van der Waals surface area contributed by atoms with E-state index in [-0.39, 0.29) is 29.3 Å². The van der Waals surface area contributed by atoms with E-state index in [0.29, 0.717) is 23.2 Å². The van der Waals surface area contributed by atoms with Crippen molar-refractivity contribution in [1.29, 1.82) is 0 Å². The van der Waals surface area contributed by atoms with Gasteiger partial charge in [-0.05, 0) is 43.3 Å². The zero-order chi connectivity index (χ0) is 22.2. The van der Waals surface area contributed by atoms with Crippen molar-refractivity contribution in [2.75, 3.05) is 31.3 Å². The number of hydrogen-bond acceptors (Lipinski definition) is 7. The first-order valence-corrected chi connectivity index (χ1v) is 10.8. The van der Waals surface area contributed by atoms with Crippen LogP contribution >= 0.6 is 23.4 Å². The molecule has 0 saturated heterocycles. The summed E-state index contributed by atoms with van der Waals surface area (Å²) in [6.45, 7) is 2.40. The number of rotatable bonds is 9. The number of aromatic nitrogens is 2. The smallest absolute Gasteiger partial charge is 0.277 e. The van der Waals surface area contributed by atoms with Gasteiger partial charge < -0.3 is 19.4 Å². The number of benzene rings is 2. The van der Waals surface area contributed by atoms with Crippen LogP contribution < -0.4 is 10.1 Å². The van der Waals surface area contributed by atoms with E-state index in [1.807, 2.05) is 31.2 Å². The minimum Gasteiger partial charge on any atom is -0.494 e. The fourth-order valence-electron chi connectivity index (χ4n) is 2.53. The number of nitrogens with zero attached hydrogens (tertiary/aromatic N) is 3. The molecule has 0 aliphatic rings. The van der Waals surface area contributed by atoms with Crippen LogP contribution in [-0.4, -0.2) is 52.9 Å². The van der Waals surface area contributed by atoms with Gasteiger partial charge in [-0.25, -0.2) is 0 Å². The fraction of sp³-hybridized carbons (Fsp3) is 0.238. The molecule has 3 rings (SSSR count). The Balaban J connectivity index is 1.49. The molecule has 2 amide bonds. The lowest BCUT2D eigenvalue weighted by molar-refractivity contribution is -0.131. The quantitative estimate of drug-likeness (QED) is 0.482. The molecule has 1 heterocycles. The van der Waals surface area contributed by atoms with Gasteiger partial charge in [-0.3, -0.25) is 9.59 Å². The third kappa shape index (κ3) is 6.47. The molecule has 8 nitrogen and oxygen atoms in total. The summed E-state index contributed by atoms with van der Waals surface area (Å²) in [5.41, 5.74) is 1.25. The molecule has 0 fully saturated rings. The largest absolute Gasteiger partial charge is 0.494 e. The van der Waals surface area contributed by atoms with E-state index in [1.165, 1.54) is 4.90 Å². The van der Waals surface area contributed by atoms with Crippen LogP contribution in [0.5, 0.6) is 5.75 Å². The Morgan fingerprint density at radius 1 is 1.16 bits per heavy atom. The summed E-state index contributed by atoms with van der Waals surface area (Å²) < 4.78 is 11.0. The summed E-state index contributed by atoms with van der Waals surface area (Å²) in [6.07, 6.45) is 0. The van der Waals surface area contributed by atoms with E-state index < -0.39 is 0 Å². The van der Waals surface area contributed by atoms with Crippen molar-refractivity contribution in [1.82, 2.24) is 15.1 Å². The van der Waals surface area contributed by atoms with Gasteiger partial charge in [0, 0.05) is 12.6 Å². The molecule has 0 spiro atoms. The van der Waals surface area contributed by atoms with Crippen molar-refractivity contribution in [2.45, 2.75) is 12.1 Å². The average molecular weight is 461 g/mol. The summed E-state index contributed by atoms with van der Waals surface area (Å²) in [7, 11) is 1.55. The second-order valence-electron chi connectivity index (χ2n) is 6.40. The van der Waals surface area contributed by atoms with E-state index >= 15 is 0 Å². The molecule has 0 atom stereocenters. The molecule has 10 heteroatoms. The molecule has 3 aromatic rings. The molecule has 0 bridgehead atoms. The highest BCUT2D eigenvalue weighted by Crippen LogP contribution is 2.25. The molecule has 0 aliphatic carbocycles. The van der Waals surface area contributed by atoms with Crippen LogP contribution in [-0.2, 0) is 9.59 Å². The van der Waals surface area contributed by atoms with Crippen LogP contribution in [0.15, 0.2) is 58.2 Å². The Morgan fingerprint density at radius 3 is 2.61 bits per heavy atom. The highest BCUT2D eigenvalue weighted by atomic mass is 35.5. The molecule has 0 saturated carbocycles. The highest BCUT2D eigenvalue weighted by molar-refractivity contribution is 7.99. The van der Waals surface area contributed by atoms with Crippen molar-refractivity contribution in [2.24, 2.45) is 0 Å². The number of amides is 2. The molecular weight excluding hydrogens is 440 g/mol. The maximum Gasteiger partial charge on any atom is 0.277 e. The first kappa shape index (κ1) is 22.6. The Labute approximate surface area is 188 Å². The lowest BCUT2D eigenvalue weighted by Crippen LogP contribution is -2.36. The van der Waals surface area contributed by atoms with Gasteiger partial charge in [0.25, 0.3) is 5.22 Å². The predicted molar refractivity (Wildman–Crippen MR) is 119 cm³/mol. The van der Waals surface area contributed by atoms with Crippen molar-refractivity contribution in [3.05, 3.63) is 53.6 Å². The summed E-state index contributed by atoms with van der Waals surface area (Å²) in [5, 5.41) is 11.3. The Bertz CT molecular complexity index is 1040. The van der Waals surface area contributed by atoms with Gasteiger partial charge in [-0.1, -0.05) is 35.5 Å². The third-order valence-electron chi connectivity index (χ3n) is 4.09. The van der Waals surface area contributed by atoms with Crippen LogP contribution in [0.4, 0.5) is 5.69 Å². The number of nitrogens with one attached hydrogen (secondary N) is 1. The van der Waals surface area contributed by atoms with Gasteiger partial charge in [-0.15, -0.1) is 10.2 Å². The molecule has 1 N–H and O–H groups in total. The Hall–Kier alpha value is -3.04. The zero-order valence-corrected chi connectivity index (χ0v) is 18.6. The second-order valence-corrected chi connectivity index (χ2v) is 7.73.